The van der Waals surface area contributed by atoms with Crippen LogP contribution >= 0.6 is 11.6 Å². The van der Waals surface area contributed by atoms with E-state index in [0.29, 0.717) is 10.6 Å². The number of halogens is 1. The summed E-state index contributed by atoms with van der Waals surface area (Å²) in [6.07, 6.45) is 5.90. The number of esters is 1. The van der Waals surface area contributed by atoms with Crippen molar-refractivity contribution >= 4 is 17.6 Å². The molecule has 1 aliphatic rings. The van der Waals surface area contributed by atoms with Gasteiger partial charge in [0, 0.05) is 5.02 Å². The molecule has 1 aromatic carbocycles. The number of allylic oxidation sites excluding steroid dienone is 2. The molecule has 1 atom stereocenters. The fourth-order valence-electron chi connectivity index (χ4n) is 1.22. The molecule has 16 heavy (non-hydrogen) atoms. The normalized spacial score (nSPS) is 17.9. The molecular formula is C12H9ClO3. The Morgan fingerprint density at radius 2 is 2.25 bits per heavy atom. The molecule has 0 aliphatic carbocycles. The second-order valence-electron chi connectivity index (χ2n) is 3.13. The predicted octanol–water partition coefficient (Wildman–Crippen LogP) is 2.92. The first-order valence-electron chi connectivity index (χ1n) is 4.71. The monoisotopic (exact) mass is 236 g/mol. The van der Waals surface area contributed by atoms with E-state index in [4.69, 9.17) is 21.1 Å². The second kappa shape index (κ2) is 4.86. The van der Waals surface area contributed by atoms with Crippen LogP contribution in [0.1, 0.15) is 10.4 Å². The highest BCUT2D eigenvalue weighted by atomic mass is 35.5. The maximum atomic E-state index is 11.6. The highest BCUT2D eigenvalue weighted by molar-refractivity contribution is 6.30. The van der Waals surface area contributed by atoms with Crippen molar-refractivity contribution in [2.24, 2.45) is 0 Å². The Hall–Kier alpha value is -1.74. The third kappa shape index (κ3) is 2.64. The lowest BCUT2D eigenvalue weighted by Crippen LogP contribution is -2.18. The number of rotatable bonds is 2. The van der Waals surface area contributed by atoms with Crippen LogP contribution in [0.2, 0.25) is 5.02 Å². The third-order valence-electron chi connectivity index (χ3n) is 1.95. The Labute approximate surface area is 97.9 Å². The van der Waals surface area contributed by atoms with Crippen LogP contribution in [0.3, 0.4) is 0 Å². The lowest BCUT2D eigenvalue weighted by Gasteiger charge is -2.15. The largest absolute Gasteiger partial charge is 0.459 e. The molecule has 0 spiro atoms. The fraction of sp³-hybridized carbons (Fsp3) is 0.0833. The van der Waals surface area contributed by atoms with E-state index in [9.17, 15) is 4.79 Å². The van der Waals surface area contributed by atoms with Gasteiger partial charge in [-0.15, -0.1) is 0 Å². The average molecular weight is 237 g/mol. The number of carbonyl (C=O) groups excluding carboxylic acids is 1. The van der Waals surface area contributed by atoms with E-state index in [1.54, 1.807) is 42.5 Å². The van der Waals surface area contributed by atoms with Crippen LogP contribution in [0.5, 0.6) is 0 Å². The zero-order valence-corrected chi connectivity index (χ0v) is 9.05. The first kappa shape index (κ1) is 10.8. The molecule has 0 bridgehead atoms. The molecule has 0 N–H and O–H groups in total. The minimum Gasteiger partial charge on any atom is -0.459 e. The van der Waals surface area contributed by atoms with Crippen molar-refractivity contribution in [2.45, 2.75) is 6.29 Å². The molecular weight excluding hydrogens is 228 g/mol. The molecule has 1 aliphatic heterocycles. The van der Waals surface area contributed by atoms with E-state index < -0.39 is 12.3 Å². The molecule has 1 unspecified atom stereocenters. The molecule has 2 rings (SSSR count). The van der Waals surface area contributed by atoms with Crippen molar-refractivity contribution in [3.8, 4) is 0 Å². The van der Waals surface area contributed by atoms with E-state index >= 15 is 0 Å². The predicted molar refractivity (Wildman–Crippen MR) is 60.0 cm³/mol. The molecule has 1 heterocycles. The van der Waals surface area contributed by atoms with E-state index in [1.165, 1.54) is 6.26 Å². The summed E-state index contributed by atoms with van der Waals surface area (Å²) in [5.74, 6) is -0.465. The van der Waals surface area contributed by atoms with Gasteiger partial charge in [0.2, 0.25) is 0 Å². The van der Waals surface area contributed by atoms with Crippen LogP contribution < -0.4 is 0 Å². The molecule has 0 aromatic heterocycles. The second-order valence-corrected chi connectivity index (χ2v) is 3.57. The van der Waals surface area contributed by atoms with Gasteiger partial charge >= 0.3 is 5.97 Å². The summed E-state index contributed by atoms with van der Waals surface area (Å²) in [4.78, 5) is 11.6. The van der Waals surface area contributed by atoms with E-state index in [-0.39, 0.29) is 0 Å². The summed E-state index contributed by atoms with van der Waals surface area (Å²) < 4.78 is 10.1. The quantitative estimate of drug-likeness (QED) is 0.741. The van der Waals surface area contributed by atoms with E-state index in [0.717, 1.165) is 0 Å². The minimum absolute atomic E-state index is 0.402. The van der Waals surface area contributed by atoms with Crippen LogP contribution in [-0.4, -0.2) is 12.3 Å². The topological polar surface area (TPSA) is 35.5 Å². The zero-order valence-electron chi connectivity index (χ0n) is 8.30. The Bertz CT molecular complexity index is 451. The molecule has 0 radical (unpaired) electrons. The number of hydrogen-bond acceptors (Lipinski definition) is 3. The van der Waals surface area contributed by atoms with Crippen LogP contribution in [0.15, 0.2) is 48.8 Å². The van der Waals surface area contributed by atoms with Gasteiger partial charge in [0.25, 0.3) is 6.29 Å². The smallest absolute Gasteiger partial charge is 0.341 e. The van der Waals surface area contributed by atoms with Gasteiger partial charge < -0.3 is 9.47 Å². The Morgan fingerprint density at radius 1 is 1.38 bits per heavy atom. The number of carbonyl (C=O) groups is 1. The summed E-state index contributed by atoms with van der Waals surface area (Å²) in [5.41, 5.74) is 0.402. The van der Waals surface area contributed by atoms with Gasteiger partial charge in [-0.2, -0.15) is 0 Å². The van der Waals surface area contributed by atoms with Crippen LogP contribution in [0, 0.1) is 0 Å². The van der Waals surface area contributed by atoms with Gasteiger partial charge in [0.15, 0.2) is 0 Å². The summed E-state index contributed by atoms with van der Waals surface area (Å²) >= 11 is 5.77. The lowest BCUT2D eigenvalue weighted by molar-refractivity contribution is -0.0444. The van der Waals surface area contributed by atoms with Gasteiger partial charge in [-0.25, -0.2) is 4.79 Å². The highest BCUT2D eigenvalue weighted by Gasteiger charge is 2.14. The summed E-state index contributed by atoms with van der Waals surface area (Å²) in [5, 5.41) is 0.495. The Balaban J connectivity index is 2.03. The minimum atomic E-state index is -0.670. The lowest BCUT2D eigenvalue weighted by atomic mass is 10.2. The Morgan fingerprint density at radius 3 is 2.94 bits per heavy atom. The Kier molecular flexibility index (Phi) is 3.27. The molecule has 4 heteroatoms. The SMILES string of the molecule is O=C(OC1C=CC=CO1)c1cccc(Cl)c1. The molecule has 0 saturated carbocycles. The fourth-order valence-corrected chi connectivity index (χ4v) is 1.41. The van der Waals surface area contributed by atoms with Gasteiger partial charge in [0.05, 0.1) is 11.8 Å². The van der Waals surface area contributed by atoms with Gasteiger partial charge in [-0.05, 0) is 30.4 Å². The molecule has 0 saturated heterocycles. The molecule has 0 fully saturated rings. The molecule has 1 aromatic rings. The van der Waals surface area contributed by atoms with Gasteiger partial charge in [-0.3, -0.25) is 0 Å². The van der Waals surface area contributed by atoms with Crippen LogP contribution in [0.4, 0.5) is 0 Å². The maximum Gasteiger partial charge on any atom is 0.341 e. The van der Waals surface area contributed by atoms with Crippen molar-refractivity contribution in [1.82, 2.24) is 0 Å². The van der Waals surface area contributed by atoms with Crippen molar-refractivity contribution in [1.29, 1.82) is 0 Å². The highest BCUT2D eigenvalue weighted by Crippen LogP contribution is 2.13. The summed E-state index contributed by atoms with van der Waals surface area (Å²) in [6, 6.07) is 6.57. The molecule has 82 valence electrons. The summed E-state index contributed by atoms with van der Waals surface area (Å²) in [7, 11) is 0. The first-order valence-corrected chi connectivity index (χ1v) is 5.09. The van der Waals surface area contributed by atoms with Crippen LogP contribution in [0.25, 0.3) is 0 Å². The van der Waals surface area contributed by atoms with Gasteiger partial charge in [0.1, 0.15) is 0 Å². The van der Waals surface area contributed by atoms with Crippen molar-refractivity contribution < 1.29 is 14.3 Å². The van der Waals surface area contributed by atoms with Gasteiger partial charge in [-0.1, -0.05) is 23.7 Å². The number of hydrogen-bond donors (Lipinski definition) is 0. The number of ether oxygens (including phenoxy) is 2. The standard InChI is InChI=1S/C12H9ClO3/c13-10-5-3-4-9(8-10)12(14)16-11-6-1-2-7-15-11/h1-8,11H. The van der Waals surface area contributed by atoms with Crippen molar-refractivity contribution in [3.63, 3.8) is 0 Å². The average Bonchev–Trinajstić information content (AvgIpc) is 2.30. The summed E-state index contributed by atoms with van der Waals surface area (Å²) in [6.45, 7) is 0. The molecule has 0 amide bonds. The molecule has 3 nitrogen and oxygen atoms in total. The zero-order chi connectivity index (χ0) is 11.4. The van der Waals surface area contributed by atoms with Crippen molar-refractivity contribution in [2.75, 3.05) is 0 Å². The third-order valence-corrected chi connectivity index (χ3v) is 2.19. The van der Waals surface area contributed by atoms with E-state index in [2.05, 4.69) is 0 Å². The van der Waals surface area contributed by atoms with E-state index in [1.807, 2.05) is 0 Å². The first-order chi connectivity index (χ1) is 7.75. The maximum absolute atomic E-state index is 11.6. The number of benzene rings is 1. The van der Waals surface area contributed by atoms with Crippen LogP contribution in [-0.2, 0) is 9.47 Å². The van der Waals surface area contributed by atoms with Crippen molar-refractivity contribution in [3.05, 3.63) is 59.3 Å².